The van der Waals surface area contributed by atoms with E-state index in [0.29, 0.717) is 6.42 Å². The Morgan fingerprint density at radius 2 is 1.02 bits per heavy atom. The van der Waals surface area contributed by atoms with Crippen LogP contribution in [0.2, 0.25) is 0 Å². The second kappa shape index (κ2) is 36.3. The van der Waals surface area contributed by atoms with Crippen LogP contribution in [0.3, 0.4) is 0 Å². The van der Waals surface area contributed by atoms with Crippen molar-refractivity contribution in [2.45, 2.75) is 256 Å². The lowest BCUT2D eigenvalue weighted by Crippen LogP contribution is -2.60. The number of amides is 1. The summed E-state index contributed by atoms with van der Waals surface area (Å²) < 4.78 is 11.2. The molecule has 9 nitrogen and oxygen atoms in total. The van der Waals surface area contributed by atoms with Crippen LogP contribution < -0.4 is 5.32 Å². The third-order valence-corrected chi connectivity index (χ3v) is 11.1. The number of nitrogens with one attached hydrogen (secondary N) is 1. The fourth-order valence-electron chi connectivity index (χ4n) is 7.39. The molecule has 6 N–H and O–H groups in total. The van der Waals surface area contributed by atoms with Gasteiger partial charge in [0.2, 0.25) is 5.91 Å². The third-order valence-electron chi connectivity index (χ3n) is 11.1. The van der Waals surface area contributed by atoms with E-state index in [-0.39, 0.29) is 12.5 Å². The van der Waals surface area contributed by atoms with Crippen molar-refractivity contribution in [1.29, 1.82) is 0 Å². The fourth-order valence-corrected chi connectivity index (χ4v) is 7.39. The van der Waals surface area contributed by atoms with Gasteiger partial charge in [0.05, 0.1) is 25.4 Å². The molecule has 0 bridgehead atoms. The minimum atomic E-state index is -1.56. The molecule has 0 radical (unpaired) electrons. The quantitative estimate of drug-likeness (QED) is 0.0269. The molecule has 1 amide bonds. The number of hydrogen-bond acceptors (Lipinski definition) is 8. The monoisotopic (exact) mass is 770 g/mol. The largest absolute Gasteiger partial charge is 0.394 e. The maximum atomic E-state index is 12.9. The predicted octanol–water partition coefficient (Wildman–Crippen LogP) is 9.34. The Labute approximate surface area is 331 Å². The van der Waals surface area contributed by atoms with Crippen molar-refractivity contribution in [3.05, 3.63) is 12.2 Å². The first-order valence-electron chi connectivity index (χ1n) is 22.9. The van der Waals surface area contributed by atoms with Crippen molar-refractivity contribution >= 4 is 5.91 Å². The van der Waals surface area contributed by atoms with Crippen LogP contribution in [-0.2, 0) is 14.3 Å². The highest BCUT2D eigenvalue weighted by Crippen LogP contribution is 2.23. The molecule has 1 rings (SSSR count). The standard InChI is InChI=1S/C45H87NO8/c1-3-5-7-9-11-13-15-17-18-19-20-21-23-25-27-29-31-33-35-41(49)46-38(37-53-45-44(52)43(51)42(50)40(36-47)54-45)39(48)34-32-30-28-26-24-22-16-14-12-10-8-6-4-2/h32,34,38-40,42-45,47-48,50-52H,3-31,33,35-37H2,1-2H3,(H,46,49)/b34-32+/t38-,39+,40-,42-,43?,44?,45-/m0/s1. The van der Waals surface area contributed by atoms with Gasteiger partial charge in [-0.1, -0.05) is 199 Å². The van der Waals surface area contributed by atoms with Crippen LogP contribution in [0.1, 0.15) is 213 Å². The third kappa shape index (κ3) is 26.7. The summed E-state index contributed by atoms with van der Waals surface area (Å²) in [5, 5.41) is 54.1. The molecular weight excluding hydrogens is 682 g/mol. The van der Waals surface area contributed by atoms with Crippen molar-refractivity contribution in [3.8, 4) is 0 Å². The zero-order valence-electron chi connectivity index (χ0n) is 35.0. The van der Waals surface area contributed by atoms with Crippen molar-refractivity contribution in [2.24, 2.45) is 0 Å². The maximum Gasteiger partial charge on any atom is 0.220 e. The van der Waals surface area contributed by atoms with Gasteiger partial charge in [0.15, 0.2) is 6.29 Å². The Balaban J connectivity index is 2.33. The number of rotatable bonds is 38. The first-order chi connectivity index (χ1) is 26.3. The second-order valence-electron chi connectivity index (χ2n) is 16.2. The summed E-state index contributed by atoms with van der Waals surface area (Å²) in [4.78, 5) is 12.9. The summed E-state index contributed by atoms with van der Waals surface area (Å²) in [5.41, 5.74) is 0. The number of hydrogen-bond donors (Lipinski definition) is 6. The molecule has 7 atom stereocenters. The number of ether oxygens (including phenoxy) is 2. The summed E-state index contributed by atoms with van der Waals surface area (Å²) in [7, 11) is 0. The van der Waals surface area contributed by atoms with Crippen molar-refractivity contribution in [2.75, 3.05) is 13.2 Å². The lowest BCUT2D eigenvalue weighted by Gasteiger charge is -2.40. The van der Waals surface area contributed by atoms with Gasteiger partial charge in [0.25, 0.3) is 0 Å². The number of carbonyl (C=O) groups excluding carboxylic acids is 1. The molecule has 0 spiro atoms. The SMILES string of the molecule is CCCCCCCCCCCCC/C=C/[C@@H](O)[C@H](CO[C@H]1O[C@@H](CO)[C@H](O)C(O)C1O)NC(=O)CCCCCCCCCCCCCCCCCCCC. The van der Waals surface area contributed by atoms with Crippen LogP contribution in [0, 0.1) is 0 Å². The van der Waals surface area contributed by atoms with Crippen molar-refractivity contribution < 1.29 is 39.8 Å². The Hall–Kier alpha value is -1.07. The van der Waals surface area contributed by atoms with E-state index in [0.717, 1.165) is 38.5 Å². The van der Waals surface area contributed by atoms with Crippen molar-refractivity contribution in [1.82, 2.24) is 5.32 Å². The van der Waals surface area contributed by atoms with E-state index >= 15 is 0 Å². The molecule has 1 aliphatic heterocycles. The summed E-state index contributed by atoms with van der Waals surface area (Å²) in [6, 6.07) is -0.797. The summed E-state index contributed by atoms with van der Waals surface area (Å²) in [6.07, 6.45) is 33.9. The molecule has 1 aliphatic rings. The van der Waals surface area contributed by atoms with Gasteiger partial charge in [-0.3, -0.25) is 4.79 Å². The van der Waals surface area contributed by atoms with Gasteiger partial charge in [-0.15, -0.1) is 0 Å². The van der Waals surface area contributed by atoms with Crippen LogP contribution in [0.25, 0.3) is 0 Å². The Bertz CT molecular complexity index is 858. The molecule has 320 valence electrons. The topological polar surface area (TPSA) is 149 Å². The van der Waals surface area contributed by atoms with Crippen LogP contribution in [0.4, 0.5) is 0 Å². The molecule has 1 heterocycles. The van der Waals surface area contributed by atoms with Crippen LogP contribution in [0.5, 0.6) is 0 Å². The fraction of sp³-hybridized carbons (Fsp3) is 0.933. The van der Waals surface area contributed by atoms with E-state index in [1.807, 2.05) is 6.08 Å². The minimum absolute atomic E-state index is 0.174. The van der Waals surface area contributed by atoms with E-state index in [1.54, 1.807) is 6.08 Å². The van der Waals surface area contributed by atoms with Gasteiger partial charge in [-0.25, -0.2) is 0 Å². The molecular formula is C45H87NO8. The average molecular weight is 770 g/mol. The summed E-state index contributed by atoms with van der Waals surface area (Å²) in [5.74, 6) is -0.174. The summed E-state index contributed by atoms with van der Waals surface area (Å²) in [6.45, 7) is 3.78. The minimum Gasteiger partial charge on any atom is -0.394 e. The smallest absolute Gasteiger partial charge is 0.220 e. The lowest BCUT2D eigenvalue weighted by atomic mass is 9.99. The highest BCUT2D eigenvalue weighted by atomic mass is 16.7. The predicted molar refractivity (Wildman–Crippen MR) is 221 cm³/mol. The Kier molecular flexibility index (Phi) is 34.2. The maximum absolute atomic E-state index is 12.9. The zero-order valence-corrected chi connectivity index (χ0v) is 35.0. The number of unbranched alkanes of at least 4 members (excludes halogenated alkanes) is 28. The van der Waals surface area contributed by atoms with E-state index < -0.39 is 49.5 Å². The first kappa shape index (κ1) is 50.9. The van der Waals surface area contributed by atoms with Gasteiger partial charge in [0, 0.05) is 6.42 Å². The molecule has 54 heavy (non-hydrogen) atoms. The van der Waals surface area contributed by atoms with Crippen LogP contribution >= 0.6 is 0 Å². The molecule has 0 aromatic heterocycles. The Morgan fingerprint density at radius 1 is 0.611 bits per heavy atom. The number of carbonyl (C=O) groups is 1. The van der Waals surface area contributed by atoms with Crippen LogP contribution in [-0.4, -0.2) is 87.5 Å². The van der Waals surface area contributed by atoms with E-state index in [4.69, 9.17) is 9.47 Å². The molecule has 1 fully saturated rings. The van der Waals surface area contributed by atoms with Crippen LogP contribution in [0.15, 0.2) is 12.2 Å². The van der Waals surface area contributed by atoms with Gasteiger partial charge in [-0.2, -0.15) is 0 Å². The normalized spacial score (nSPS) is 21.5. The van der Waals surface area contributed by atoms with E-state index in [9.17, 15) is 30.3 Å². The molecule has 1 saturated heterocycles. The average Bonchev–Trinajstić information content (AvgIpc) is 3.17. The van der Waals surface area contributed by atoms with Gasteiger partial charge < -0.3 is 40.3 Å². The number of allylic oxidation sites excluding steroid dienone is 1. The molecule has 0 saturated carbocycles. The lowest BCUT2D eigenvalue weighted by molar-refractivity contribution is -0.302. The van der Waals surface area contributed by atoms with Crippen molar-refractivity contribution in [3.63, 3.8) is 0 Å². The molecule has 0 aromatic rings. The van der Waals surface area contributed by atoms with E-state index in [1.165, 1.54) is 154 Å². The summed E-state index contributed by atoms with van der Waals surface area (Å²) >= 11 is 0. The second-order valence-corrected chi connectivity index (χ2v) is 16.2. The Morgan fingerprint density at radius 3 is 1.44 bits per heavy atom. The molecule has 2 unspecified atom stereocenters. The highest BCUT2D eigenvalue weighted by Gasteiger charge is 2.44. The molecule has 9 heteroatoms. The zero-order chi connectivity index (χ0) is 39.5. The van der Waals surface area contributed by atoms with E-state index in [2.05, 4.69) is 19.2 Å². The van der Waals surface area contributed by atoms with Gasteiger partial charge in [-0.05, 0) is 19.3 Å². The number of aliphatic hydroxyl groups is 5. The van der Waals surface area contributed by atoms with Gasteiger partial charge in [0.1, 0.15) is 24.4 Å². The molecule has 0 aromatic carbocycles. The molecule has 0 aliphatic carbocycles. The first-order valence-corrected chi connectivity index (χ1v) is 22.9. The van der Waals surface area contributed by atoms with Gasteiger partial charge >= 0.3 is 0 Å². The number of aliphatic hydroxyl groups excluding tert-OH is 5. The highest BCUT2D eigenvalue weighted by molar-refractivity contribution is 5.76.